The fourth-order valence-corrected chi connectivity index (χ4v) is 1.99. The van der Waals surface area contributed by atoms with Crippen LogP contribution in [0.1, 0.15) is 0 Å². The molecule has 0 bridgehead atoms. The number of carbonyl (C=O) groups is 2. The third kappa shape index (κ3) is 2.51. The van der Waals surface area contributed by atoms with Gasteiger partial charge in [-0.3, -0.25) is 14.3 Å². The monoisotopic (exact) mass is 253 g/mol. The van der Waals surface area contributed by atoms with Crippen LogP contribution >= 0.6 is 0 Å². The molecule has 0 radical (unpaired) electrons. The molecule has 2 heterocycles. The fourth-order valence-electron chi connectivity index (χ4n) is 1.99. The van der Waals surface area contributed by atoms with Gasteiger partial charge in [0.25, 0.3) is 0 Å². The normalized spacial score (nSPS) is 22.9. The van der Waals surface area contributed by atoms with Crippen molar-refractivity contribution in [3.05, 3.63) is 18.5 Å². The number of hydrogen-bond donors (Lipinski definition) is 1. The van der Waals surface area contributed by atoms with Gasteiger partial charge >= 0.3 is 5.97 Å². The number of likely N-dealkylation sites (N-methyl/N-ethyl adjacent to an activating group) is 1. The molecule has 1 aliphatic rings. The Morgan fingerprint density at radius 1 is 1.56 bits per heavy atom. The molecule has 18 heavy (non-hydrogen) atoms. The van der Waals surface area contributed by atoms with Crippen LogP contribution in [0.25, 0.3) is 0 Å². The van der Waals surface area contributed by atoms with Gasteiger partial charge in [0.1, 0.15) is 12.5 Å². The van der Waals surface area contributed by atoms with Gasteiger partial charge in [0, 0.05) is 19.4 Å². The van der Waals surface area contributed by atoms with Gasteiger partial charge in [-0.25, -0.2) is 0 Å². The molecule has 1 saturated heterocycles. The molecule has 2 atom stereocenters. The van der Waals surface area contributed by atoms with Crippen LogP contribution in [0.2, 0.25) is 0 Å². The van der Waals surface area contributed by atoms with Crippen LogP contribution in [-0.4, -0.2) is 58.0 Å². The highest BCUT2D eigenvalue weighted by molar-refractivity contribution is 5.78. The molecule has 1 amide bonds. The summed E-state index contributed by atoms with van der Waals surface area (Å²) in [6.07, 6.45) is 3.28. The molecule has 0 aliphatic carbocycles. The molecule has 98 valence electrons. The van der Waals surface area contributed by atoms with Crippen LogP contribution in [0.5, 0.6) is 0 Å². The van der Waals surface area contributed by atoms with Crippen molar-refractivity contribution in [1.82, 2.24) is 14.7 Å². The fraction of sp³-hybridized carbons (Fsp3) is 0.545. The third-order valence-electron chi connectivity index (χ3n) is 3.11. The molecular formula is C11H15N3O4. The van der Waals surface area contributed by atoms with Crippen molar-refractivity contribution in [3.8, 4) is 0 Å². The first-order valence-corrected chi connectivity index (χ1v) is 5.63. The van der Waals surface area contributed by atoms with E-state index in [0.29, 0.717) is 0 Å². The Hall–Kier alpha value is -1.89. The Kier molecular flexibility index (Phi) is 3.61. The van der Waals surface area contributed by atoms with Crippen molar-refractivity contribution in [2.24, 2.45) is 5.92 Å². The van der Waals surface area contributed by atoms with E-state index in [2.05, 4.69) is 5.10 Å². The minimum Gasteiger partial charge on any atom is -0.481 e. The second-order valence-electron chi connectivity index (χ2n) is 4.26. The van der Waals surface area contributed by atoms with E-state index in [9.17, 15) is 9.59 Å². The Morgan fingerprint density at radius 2 is 2.33 bits per heavy atom. The Labute approximate surface area is 104 Å². The predicted molar refractivity (Wildman–Crippen MR) is 60.7 cm³/mol. The first-order valence-electron chi connectivity index (χ1n) is 5.63. The molecule has 1 aromatic heterocycles. The van der Waals surface area contributed by atoms with Crippen LogP contribution in [0.3, 0.4) is 0 Å². The number of carboxylic acids is 1. The van der Waals surface area contributed by atoms with Gasteiger partial charge in [-0.05, 0) is 6.07 Å². The Morgan fingerprint density at radius 3 is 2.94 bits per heavy atom. The average Bonchev–Trinajstić information content (AvgIpc) is 2.97. The van der Waals surface area contributed by atoms with Gasteiger partial charge in [-0.1, -0.05) is 0 Å². The number of carbonyl (C=O) groups excluding carboxylic acids is 1. The number of ether oxygens (including phenoxy) is 1. The summed E-state index contributed by atoms with van der Waals surface area (Å²) in [5.74, 6) is -1.77. The zero-order chi connectivity index (χ0) is 13.1. The summed E-state index contributed by atoms with van der Waals surface area (Å²) < 4.78 is 6.64. The largest absolute Gasteiger partial charge is 0.481 e. The molecule has 0 spiro atoms. The standard InChI is InChI=1S/C11H15N3O4/c1-13(9-7-18-6-8(9)11(16)17)10(15)5-14-4-2-3-12-14/h2-4,8-9H,5-7H2,1H3,(H,16,17). The molecule has 1 N–H and O–H groups in total. The molecule has 2 unspecified atom stereocenters. The highest BCUT2D eigenvalue weighted by Gasteiger charge is 2.38. The quantitative estimate of drug-likeness (QED) is 0.777. The van der Waals surface area contributed by atoms with Crippen molar-refractivity contribution < 1.29 is 19.4 Å². The van der Waals surface area contributed by atoms with E-state index < -0.39 is 17.9 Å². The highest BCUT2D eigenvalue weighted by atomic mass is 16.5. The van der Waals surface area contributed by atoms with Crippen LogP contribution in [-0.2, 0) is 20.9 Å². The van der Waals surface area contributed by atoms with Crippen LogP contribution in [0, 0.1) is 5.92 Å². The van der Waals surface area contributed by atoms with Gasteiger partial charge in [0.2, 0.25) is 5.91 Å². The summed E-state index contributed by atoms with van der Waals surface area (Å²) in [5.41, 5.74) is 0. The predicted octanol–water partition coefficient (Wildman–Crippen LogP) is -0.559. The summed E-state index contributed by atoms with van der Waals surface area (Å²) in [7, 11) is 1.60. The zero-order valence-electron chi connectivity index (χ0n) is 10.0. The van der Waals surface area contributed by atoms with Gasteiger partial charge in [-0.15, -0.1) is 0 Å². The maximum Gasteiger partial charge on any atom is 0.311 e. The van der Waals surface area contributed by atoms with E-state index in [1.165, 1.54) is 9.58 Å². The van der Waals surface area contributed by atoms with Crippen molar-refractivity contribution >= 4 is 11.9 Å². The number of rotatable bonds is 4. The van der Waals surface area contributed by atoms with E-state index in [1.54, 1.807) is 25.5 Å². The number of hydrogen-bond acceptors (Lipinski definition) is 4. The van der Waals surface area contributed by atoms with Gasteiger partial charge in [-0.2, -0.15) is 5.10 Å². The van der Waals surface area contributed by atoms with Crippen molar-refractivity contribution in [1.29, 1.82) is 0 Å². The summed E-state index contributed by atoms with van der Waals surface area (Å²) in [4.78, 5) is 24.4. The molecule has 1 aromatic rings. The van der Waals surface area contributed by atoms with Crippen molar-refractivity contribution in [2.75, 3.05) is 20.3 Å². The smallest absolute Gasteiger partial charge is 0.311 e. The average molecular weight is 253 g/mol. The molecular weight excluding hydrogens is 238 g/mol. The SMILES string of the molecule is CN(C(=O)Cn1cccn1)C1COCC1C(=O)O. The maximum absolute atomic E-state index is 12.0. The van der Waals surface area contributed by atoms with E-state index in [-0.39, 0.29) is 25.7 Å². The van der Waals surface area contributed by atoms with Gasteiger partial charge < -0.3 is 14.7 Å². The van der Waals surface area contributed by atoms with Crippen LogP contribution in [0.15, 0.2) is 18.5 Å². The van der Waals surface area contributed by atoms with Crippen LogP contribution < -0.4 is 0 Å². The van der Waals surface area contributed by atoms with E-state index in [1.807, 2.05) is 0 Å². The molecule has 0 aromatic carbocycles. The number of nitrogens with zero attached hydrogens (tertiary/aromatic N) is 3. The molecule has 2 rings (SSSR count). The summed E-state index contributed by atoms with van der Waals surface area (Å²) in [6, 6.07) is 1.32. The second-order valence-corrected chi connectivity index (χ2v) is 4.26. The Balaban J connectivity index is 1.99. The van der Waals surface area contributed by atoms with Gasteiger partial charge in [0.15, 0.2) is 0 Å². The second kappa shape index (κ2) is 5.18. The third-order valence-corrected chi connectivity index (χ3v) is 3.11. The first-order chi connectivity index (χ1) is 8.59. The molecule has 7 heteroatoms. The molecule has 0 saturated carbocycles. The van der Waals surface area contributed by atoms with Crippen molar-refractivity contribution in [2.45, 2.75) is 12.6 Å². The highest BCUT2D eigenvalue weighted by Crippen LogP contribution is 2.19. The topological polar surface area (TPSA) is 84.7 Å². The van der Waals surface area contributed by atoms with E-state index in [0.717, 1.165) is 0 Å². The summed E-state index contributed by atoms with van der Waals surface area (Å²) in [6.45, 7) is 0.518. The van der Waals surface area contributed by atoms with E-state index >= 15 is 0 Å². The maximum atomic E-state index is 12.0. The lowest BCUT2D eigenvalue weighted by molar-refractivity contribution is -0.144. The number of amides is 1. The summed E-state index contributed by atoms with van der Waals surface area (Å²) in [5, 5.41) is 13.0. The zero-order valence-corrected chi connectivity index (χ0v) is 10.0. The molecule has 1 aliphatic heterocycles. The van der Waals surface area contributed by atoms with Crippen LogP contribution in [0.4, 0.5) is 0 Å². The summed E-state index contributed by atoms with van der Waals surface area (Å²) >= 11 is 0. The number of aliphatic carboxylic acids is 1. The Bertz CT molecular complexity index is 432. The number of aromatic nitrogens is 2. The lowest BCUT2D eigenvalue weighted by Gasteiger charge is -2.26. The minimum absolute atomic E-state index is 0.104. The lowest BCUT2D eigenvalue weighted by Crippen LogP contribution is -2.45. The molecule has 1 fully saturated rings. The molecule has 7 nitrogen and oxygen atoms in total. The first kappa shape index (κ1) is 12.6. The van der Waals surface area contributed by atoms with Gasteiger partial charge in [0.05, 0.1) is 19.3 Å². The lowest BCUT2D eigenvalue weighted by atomic mass is 10.0. The number of carboxylic acid groups (broad SMARTS) is 1. The van der Waals surface area contributed by atoms with Crippen molar-refractivity contribution in [3.63, 3.8) is 0 Å². The minimum atomic E-state index is -0.934. The van der Waals surface area contributed by atoms with E-state index in [4.69, 9.17) is 9.84 Å².